The number of hydrazine groups is 1. The summed E-state index contributed by atoms with van der Waals surface area (Å²) < 4.78 is 5.04. The molecule has 0 spiro atoms. The molecule has 0 aliphatic heterocycles. The van der Waals surface area contributed by atoms with Crippen LogP contribution < -0.4 is 11.3 Å². The summed E-state index contributed by atoms with van der Waals surface area (Å²) in [5.74, 6) is 5.06. The molecule has 0 aliphatic carbocycles. The van der Waals surface area contributed by atoms with Crippen LogP contribution in [0.25, 0.3) is 0 Å². The fourth-order valence-corrected chi connectivity index (χ4v) is 0.318. The molecule has 0 atom stereocenters. The molecule has 0 aromatic heterocycles. The fourth-order valence-electron chi connectivity index (χ4n) is 0.318. The molecule has 0 aromatic carbocycles. The zero-order valence-corrected chi connectivity index (χ0v) is 5.69. The number of ether oxygens (including phenoxy) is 1. The van der Waals surface area contributed by atoms with E-state index in [9.17, 15) is 0 Å². The van der Waals surface area contributed by atoms with Gasteiger partial charge in [-0.15, -0.1) is 0 Å². The minimum atomic E-state index is -0.144. The second-order valence-corrected chi connectivity index (χ2v) is 2.34. The molecule has 0 unspecified atom stereocenters. The number of methoxy groups -OCH3 is 1. The van der Waals surface area contributed by atoms with Crippen molar-refractivity contribution in [2.45, 2.75) is 19.4 Å². The first-order chi connectivity index (χ1) is 3.62. The maximum Gasteiger partial charge on any atom is 0.0760 e. The van der Waals surface area contributed by atoms with E-state index in [0.717, 1.165) is 0 Å². The fraction of sp³-hybridized carbons (Fsp3) is 1.00. The van der Waals surface area contributed by atoms with Crippen molar-refractivity contribution in [3.05, 3.63) is 0 Å². The van der Waals surface area contributed by atoms with Gasteiger partial charge in [0.05, 0.1) is 5.60 Å². The van der Waals surface area contributed by atoms with Gasteiger partial charge in [0.15, 0.2) is 0 Å². The third-order valence-corrected chi connectivity index (χ3v) is 1.08. The van der Waals surface area contributed by atoms with Crippen molar-refractivity contribution in [1.82, 2.24) is 5.43 Å². The zero-order valence-electron chi connectivity index (χ0n) is 5.69. The van der Waals surface area contributed by atoms with Crippen LogP contribution in [0.15, 0.2) is 0 Å². The summed E-state index contributed by atoms with van der Waals surface area (Å²) in [5.41, 5.74) is 2.39. The Hall–Kier alpha value is -0.120. The lowest BCUT2D eigenvalue weighted by Crippen LogP contribution is -2.39. The van der Waals surface area contributed by atoms with Gasteiger partial charge in [0.1, 0.15) is 0 Å². The second kappa shape index (κ2) is 3.02. The Morgan fingerprint density at radius 1 is 1.62 bits per heavy atom. The van der Waals surface area contributed by atoms with Gasteiger partial charge >= 0.3 is 0 Å². The molecule has 3 nitrogen and oxygen atoms in total. The Morgan fingerprint density at radius 2 is 2.12 bits per heavy atom. The maximum atomic E-state index is 5.06. The predicted molar refractivity (Wildman–Crippen MR) is 33.3 cm³/mol. The van der Waals surface area contributed by atoms with Crippen LogP contribution in [0.4, 0.5) is 0 Å². The number of nitrogens with one attached hydrogen (secondary N) is 1. The standard InChI is InChI=1S/C5H14N2O/c1-5(2,8-3)4-7-6/h7H,4,6H2,1-3H3. The SMILES string of the molecule is COC(C)(C)CNN. The third-order valence-electron chi connectivity index (χ3n) is 1.08. The van der Waals surface area contributed by atoms with Crippen molar-refractivity contribution >= 4 is 0 Å². The Morgan fingerprint density at radius 3 is 2.25 bits per heavy atom. The van der Waals surface area contributed by atoms with E-state index < -0.39 is 0 Å². The van der Waals surface area contributed by atoms with E-state index >= 15 is 0 Å². The summed E-state index contributed by atoms with van der Waals surface area (Å²) >= 11 is 0. The van der Waals surface area contributed by atoms with E-state index in [0.29, 0.717) is 6.54 Å². The molecule has 0 rings (SSSR count). The van der Waals surface area contributed by atoms with Gasteiger partial charge in [-0.25, -0.2) is 0 Å². The molecule has 50 valence electrons. The van der Waals surface area contributed by atoms with Gasteiger partial charge in [-0.05, 0) is 13.8 Å². The van der Waals surface area contributed by atoms with Crippen molar-refractivity contribution in [2.24, 2.45) is 5.84 Å². The highest BCUT2D eigenvalue weighted by molar-refractivity contribution is 4.68. The largest absolute Gasteiger partial charge is 0.377 e. The smallest absolute Gasteiger partial charge is 0.0760 e. The van der Waals surface area contributed by atoms with E-state index in [2.05, 4.69) is 5.43 Å². The zero-order chi connectivity index (χ0) is 6.62. The van der Waals surface area contributed by atoms with Gasteiger partial charge in [0.2, 0.25) is 0 Å². The molecule has 3 heteroatoms. The molecule has 0 saturated heterocycles. The quantitative estimate of drug-likeness (QED) is 0.401. The number of rotatable bonds is 3. The second-order valence-electron chi connectivity index (χ2n) is 2.34. The topological polar surface area (TPSA) is 47.3 Å². The average Bonchev–Trinajstić information content (AvgIpc) is 1.67. The first kappa shape index (κ1) is 7.88. The molecule has 0 radical (unpaired) electrons. The van der Waals surface area contributed by atoms with Crippen LogP contribution in [0, 0.1) is 0 Å². The Kier molecular flexibility index (Phi) is 2.97. The maximum absolute atomic E-state index is 5.06. The Labute approximate surface area is 50.2 Å². The van der Waals surface area contributed by atoms with Gasteiger partial charge in [0, 0.05) is 13.7 Å². The van der Waals surface area contributed by atoms with Crippen molar-refractivity contribution in [2.75, 3.05) is 13.7 Å². The summed E-state index contributed by atoms with van der Waals surface area (Å²) in [4.78, 5) is 0. The van der Waals surface area contributed by atoms with Gasteiger partial charge in [-0.1, -0.05) is 0 Å². The highest BCUT2D eigenvalue weighted by atomic mass is 16.5. The van der Waals surface area contributed by atoms with Gasteiger partial charge < -0.3 is 4.74 Å². The predicted octanol–water partition coefficient (Wildman–Crippen LogP) is -0.125. The lowest BCUT2D eigenvalue weighted by molar-refractivity contribution is 0.0235. The molecule has 0 bridgehead atoms. The number of hydrogen-bond donors (Lipinski definition) is 2. The van der Waals surface area contributed by atoms with Gasteiger partial charge in [0.25, 0.3) is 0 Å². The molecule has 0 saturated carbocycles. The van der Waals surface area contributed by atoms with Crippen LogP contribution in [0.1, 0.15) is 13.8 Å². The molecular weight excluding hydrogens is 104 g/mol. The van der Waals surface area contributed by atoms with Crippen LogP contribution in [0.3, 0.4) is 0 Å². The van der Waals surface area contributed by atoms with Gasteiger partial charge in [-0.2, -0.15) is 0 Å². The normalized spacial score (nSPS) is 12.0. The lowest BCUT2D eigenvalue weighted by atomic mass is 10.1. The van der Waals surface area contributed by atoms with Crippen LogP contribution in [-0.2, 0) is 4.74 Å². The minimum absolute atomic E-state index is 0.144. The molecule has 8 heavy (non-hydrogen) atoms. The van der Waals surface area contributed by atoms with Crippen molar-refractivity contribution in [3.8, 4) is 0 Å². The Bertz CT molecular complexity index is 63.4. The molecule has 0 aromatic rings. The molecule has 0 fully saturated rings. The monoisotopic (exact) mass is 118 g/mol. The van der Waals surface area contributed by atoms with Crippen LogP contribution in [0.5, 0.6) is 0 Å². The first-order valence-corrected chi connectivity index (χ1v) is 2.61. The summed E-state index contributed by atoms with van der Waals surface area (Å²) in [6, 6.07) is 0. The van der Waals surface area contributed by atoms with E-state index in [-0.39, 0.29) is 5.60 Å². The van der Waals surface area contributed by atoms with Gasteiger partial charge in [-0.3, -0.25) is 11.3 Å². The number of hydrogen-bond acceptors (Lipinski definition) is 3. The lowest BCUT2D eigenvalue weighted by Gasteiger charge is -2.21. The van der Waals surface area contributed by atoms with E-state index in [1.54, 1.807) is 7.11 Å². The van der Waals surface area contributed by atoms with Crippen LogP contribution >= 0.6 is 0 Å². The number of nitrogens with two attached hydrogens (primary N) is 1. The molecular formula is C5H14N2O. The highest BCUT2D eigenvalue weighted by Gasteiger charge is 2.13. The molecule has 3 N–H and O–H groups in total. The Balaban J connectivity index is 3.37. The van der Waals surface area contributed by atoms with Crippen LogP contribution in [0.2, 0.25) is 0 Å². The van der Waals surface area contributed by atoms with E-state index in [4.69, 9.17) is 10.6 Å². The summed E-state index contributed by atoms with van der Waals surface area (Å²) in [6.07, 6.45) is 0. The van der Waals surface area contributed by atoms with Crippen molar-refractivity contribution < 1.29 is 4.74 Å². The molecule has 0 amide bonds. The summed E-state index contributed by atoms with van der Waals surface area (Å²) in [5, 5.41) is 0. The van der Waals surface area contributed by atoms with Crippen LogP contribution in [-0.4, -0.2) is 19.3 Å². The molecule has 0 heterocycles. The summed E-state index contributed by atoms with van der Waals surface area (Å²) in [7, 11) is 1.66. The minimum Gasteiger partial charge on any atom is -0.377 e. The third kappa shape index (κ3) is 2.96. The average molecular weight is 118 g/mol. The van der Waals surface area contributed by atoms with Crippen molar-refractivity contribution in [3.63, 3.8) is 0 Å². The van der Waals surface area contributed by atoms with E-state index in [1.165, 1.54) is 0 Å². The summed E-state index contributed by atoms with van der Waals surface area (Å²) in [6.45, 7) is 4.60. The molecule has 0 aliphatic rings. The first-order valence-electron chi connectivity index (χ1n) is 2.61. The van der Waals surface area contributed by atoms with Crippen molar-refractivity contribution in [1.29, 1.82) is 0 Å². The highest BCUT2D eigenvalue weighted by Crippen LogP contribution is 2.02. The van der Waals surface area contributed by atoms with E-state index in [1.807, 2.05) is 13.8 Å².